The zero-order valence-electron chi connectivity index (χ0n) is 17.7. The first-order chi connectivity index (χ1) is 13.3. The highest BCUT2D eigenvalue weighted by Gasteiger charge is 2.35. The molecular weight excluding hydrogens is 348 g/mol. The van der Waals surface area contributed by atoms with E-state index in [0.717, 1.165) is 24.2 Å². The summed E-state index contributed by atoms with van der Waals surface area (Å²) in [6, 6.07) is 11.7. The second-order valence-corrected chi connectivity index (χ2v) is 8.23. The summed E-state index contributed by atoms with van der Waals surface area (Å²) in [5.74, 6) is 0.179. The third-order valence-electron chi connectivity index (χ3n) is 5.73. The molecule has 0 N–H and O–H groups in total. The number of aryl methyl sites for hydroxylation is 1. The maximum atomic E-state index is 11.5. The smallest absolute Gasteiger partial charge is 0.337 e. The topological polar surface area (TPSA) is 41.9 Å². The van der Waals surface area contributed by atoms with Crippen LogP contribution in [-0.2, 0) is 4.74 Å². The number of nitrogens with zero attached hydrogens (tertiary/aromatic N) is 2. The van der Waals surface area contributed by atoms with E-state index in [9.17, 15) is 4.79 Å². The molecule has 1 unspecified atom stereocenters. The van der Waals surface area contributed by atoms with Gasteiger partial charge >= 0.3 is 5.97 Å². The van der Waals surface area contributed by atoms with Gasteiger partial charge in [-0.2, -0.15) is 0 Å². The van der Waals surface area contributed by atoms with Crippen molar-refractivity contribution in [2.45, 2.75) is 52.5 Å². The Kier molecular flexibility index (Phi) is 5.59. The summed E-state index contributed by atoms with van der Waals surface area (Å²) in [4.78, 5) is 18.7. The fourth-order valence-corrected chi connectivity index (χ4v) is 4.33. The van der Waals surface area contributed by atoms with Crippen molar-refractivity contribution in [3.8, 4) is 0 Å². The van der Waals surface area contributed by atoms with Gasteiger partial charge in [0.05, 0.1) is 18.4 Å². The third kappa shape index (κ3) is 3.82. The standard InChI is InChI=1S/C24H30N2O2/c1-7-26-22-12-16(2)19(13-21(22)17(3)14-24(26,4)5)15-25-20-10-8-18(9-11-20)23(27)28-6/h8-13,15,17H,7,14H2,1-6H3. The number of carbonyl (C=O) groups excluding carboxylic acids is 1. The Bertz CT molecular complexity index is 898. The molecule has 4 nitrogen and oxygen atoms in total. The van der Waals surface area contributed by atoms with Crippen molar-refractivity contribution in [2.75, 3.05) is 18.6 Å². The molecule has 1 heterocycles. The van der Waals surface area contributed by atoms with Crippen LogP contribution in [0, 0.1) is 6.92 Å². The van der Waals surface area contributed by atoms with Crippen molar-refractivity contribution in [2.24, 2.45) is 4.99 Å². The Balaban J connectivity index is 1.91. The van der Waals surface area contributed by atoms with Crippen LogP contribution in [0.3, 0.4) is 0 Å². The van der Waals surface area contributed by atoms with Crippen molar-refractivity contribution < 1.29 is 9.53 Å². The number of methoxy groups -OCH3 is 1. The highest BCUT2D eigenvalue weighted by Crippen LogP contribution is 2.44. The molecule has 0 aromatic heterocycles. The van der Waals surface area contributed by atoms with E-state index in [1.165, 1.54) is 23.9 Å². The van der Waals surface area contributed by atoms with E-state index >= 15 is 0 Å². The maximum Gasteiger partial charge on any atom is 0.337 e. The van der Waals surface area contributed by atoms with Gasteiger partial charge in [-0.25, -0.2) is 4.79 Å². The van der Waals surface area contributed by atoms with Crippen LogP contribution >= 0.6 is 0 Å². The van der Waals surface area contributed by atoms with Crippen LogP contribution in [0.15, 0.2) is 41.4 Å². The molecule has 4 heteroatoms. The number of esters is 1. The first kappa shape index (κ1) is 20.1. The number of hydrogen-bond donors (Lipinski definition) is 0. The van der Waals surface area contributed by atoms with Crippen molar-refractivity contribution in [3.05, 3.63) is 58.7 Å². The highest BCUT2D eigenvalue weighted by molar-refractivity contribution is 5.90. The minimum atomic E-state index is -0.335. The number of anilines is 1. The lowest BCUT2D eigenvalue weighted by Crippen LogP contribution is -2.48. The van der Waals surface area contributed by atoms with E-state index in [1.807, 2.05) is 18.3 Å². The van der Waals surface area contributed by atoms with Crippen LogP contribution in [0.1, 0.15) is 67.1 Å². The van der Waals surface area contributed by atoms with Crippen LogP contribution < -0.4 is 4.90 Å². The number of hydrogen-bond acceptors (Lipinski definition) is 4. The molecule has 0 spiro atoms. The van der Waals surface area contributed by atoms with Gasteiger partial charge in [-0.1, -0.05) is 6.92 Å². The molecule has 3 rings (SSSR count). The highest BCUT2D eigenvalue weighted by atomic mass is 16.5. The normalized spacial score (nSPS) is 18.2. The Morgan fingerprint density at radius 1 is 1.29 bits per heavy atom. The summed E-state index contributed by atoms with van der Waals surface area (Å²) in [6.45, 7) is 12.4. The second-order valence-electron chi connectivity index (χ2n) is 8.23. The number of benzene rings is 2. The zero-order valence-corrected chi connectivity index (χ0v) is 17.7. The van der Waals surface area contributed by atoms with Crippen molar-refractivity contribution in [1.29, 1.82) is 0 Å². The van der Waals surface area contributed by atoms with Gasteiger partial charge < -0.3 is 9.64 Å². The SMILES string of the molecule is CCN1c2cc(C)c(C=Nc3ccc(C(=O)OC)cc3)cc2C(C)CC1(C)C. The molecule has 0 fully saturated rings. The molecule has 28 heavy (non-hydrogen) atoms. The van der Waals surface area contributed by atoms with E-state index < -0.39 is 0 Å². The van der Waals surface area contributed by atoms with Gasteiger partial charge in [0.1, 0.15) is 0 Å². The molecule has 0 bridgehead atoms. The molecule has 0 amide bonds. The maximum absolute atomic E-state index is 11.5. The van der Waals surface area contributed by atoms with Crippen LogP contribution in [0.2, 0.25) is 0 Å². The van der Waals surface area contributed by atoms with Gasteiger partial charge in [0.15, 0.2) is 0 Å². The van der Waals surface area contributed by atoms with E-state index in [4.69, 9.17) is 4.74 Å². The number of rotatable bonds is 4. The largest absolute Gasteiger partial charge is 0.465 e. The van der Waals surface area contributed by atoms with Crippen molar-refractivity contribution >= 4 is 23.6 Å². The Labute approximate surface area is 168 Å². The van der Waals surface area contributed by atoms with Crippen LogP contribution in [-0.4, -0.2) is 31.4 Å². The lowest BCUT2D eigenvalue weighted by molar-refractivity contribution is 0.0601. The van der Waals surface area contributed by atoms with E-state index in [-0.39, 0.29) is 11.5 Å². The van der Waals surface area contributed by atoms with Gasteiger partial charge in [-0.05, 0) is 93.1 Å². The second kappa shape index (κ2) is 7.78. The molecule has 148 valence electrons. The van der Waals surface area contributed by atoms with E-state index in [2.05, 4.69) is 56.6 Å². The Hall–Kier alpha value is -2.62. The number of fused-ring (bicyclic) bond motifs is 1. The molecule has 0 saturated heterocycles. The summed E-state index contributed by atoms with van der Waals surface area (Å²) >= 11 is 0. The van der Waals surface area contributed by atoms with E-state index in [0.29, 0.717) is 11.5 Å². The quantitative estimate of drug-likeness (QED) is 0.510. The van der Waals surface area contributed by atoms with Crippen molar-refractivity contribution in [3.63, 3.8) is 0 Å². The summed E-state index contributed by atoms with van der Waals surface area (Å²) < 4.78 is 4.74. The molecule has 1 aliphatic rings. The van der Waals surface area contributed by atoms with Crippen LogP contribution in [0.5, 0.6) is 0 Å². The molecule has 2 aromatic rings. The average Bonchev–Trinajstić information content (AvgIpc) is 2.66. The van der Waals surface area contributed by atoms with Gasteiger partial charge in [-0.15, -0.1) is 0 Å². The molecule has 1 atom stereocenters. The predicted octanol–water partition coefficient (Wildman–Crippen LogP) is 5.64. The number of ether oxygens (including phenoxy) is 1. The molecule has 0 saturated carbocycles. The van der Waals surface area contributed by atoms with E-state index in [1.54, 1.807) is 12.1 Å². The Morgan fingerprint density at radius 3 is 2.57 bits per heavy atom. The Morgan fingerprint density at radius 2 is 1.96 bits per heavy atom. The van der Waals surface area contributed by atoms with Crippen LogP contribution in [0.4, 0.5) is 11.4 Å². The molecule has 0 aliphatic carbocycles. The molecular formula is C24H30N2O2. The molecule has 1 aliphatic heterocycles. The van der Waals surface area contributed by atoms with Gasteiger partial charge in [0.25, 0.3) is 0 Å². The minimum absolute atomic E-state index is 0.171. The molecule has 2 aromatic carbocycles. The van der Waals surface area contributed by atoms with Crippen molar-refractivity contribution in [1.82, 2.24) is 0 Å². The van der Waals surface area contributed by atoms with Gasteiger partial charge in [0, 0.05) is 24.0 Å². The lowest BCUT2D eigenvalue weighted by Gasteiger charge is -2.47. The average molecular weight is 379 g/mol. The first-order valence-electron chi connectivity index (χ1n) is 9.91. The lowest BCUT2D eigenvalue weighted by atomic mass is 9.79. The number of carbonyl (C=O) groups is 1. The predicted molar refractivity (Wildman–Crippen MR) is 116 cm³/mol. The third-order valence-corrected chi connectivity index (χ3v) is 5.73. The van der Waals surface area contributed by atoms with Gasteiger partial charge in [0.2, 0.25) is 0 Å². The van der Waals surface area contributed by atoms with Crippen LogP contribution in [0.25, 0.3) is 0 Å². The minimum Gasteiger partial charge on any atom is -0.465 e. The van der Waals surface area contributed by atoms with Gasteiger partial charge in [-0.3, -0.25) is 4.99 Å². The fourth-order valence-electron chi connectivity index (χ4n) is 4.33. The summed E-state index contributed by atoms with van der Waals surface area (Å²) in [5.41, 5.74) is 6.62. The summed E-state index contributed by atoms with van der Waals surface area (Å²) in [5, 5.41) is 0. The first-order valence-corrected chi connectivity index (χ1v) is 9.91. The summed E-state index contributed by atoms with van der Waals surface area (Å²) in [6.07, 6.45) is 3.06. The zero-order chi connectivity index (χ0) is 20.5. The monoisotopic (exact) mass is 378 g/mol. The number of aliphatic imine (C=N–C) groups is 1. The molecule has 0 radical (unpaired) electrons. The summed E-state index contributed by atoms with van der Waals surface area (Å²) in [7, 11) is 1.38. The fraction of sp³-hybridized carbons (Fsp3) is 0.417.